The molecule has 0 spiro atoms. The number of rotatable bonds is 8. The molecule has 6 nitrogen and oxygen atoms in total. The van der Waals surface area contributed by atoms with Crippen molar-refractivity contribution in [3.05, 3.63) is 16.5 Å². The van der Waals surface area contributed by atoms with Gasteiger partial charge in [0.15, 0.2) is 4.67 Å². The van der Waals surface area contributed by atoms with Crippen LogP contribution >= 0.6 is 15.9 Å². The Morgan fingerprint density at radius 3 is 2.75 bits per heavy atom. The summed E-state index contributed by atoms with van der Waals surface area (Å²) in [5, 5.41) is 8.96. The molecular formula is C12H18BrNO5S. The number of hydrogen-bond donors (Lipinski definition) is 2. The van der Waals surface area contributed by atoms with Gasteiger partial charge in [-0.2, -0.15) is 0 Å². The summed E-state index contributed by atoms with van der Waals surface area (Å²) in [6, 6.07) is 1.32. The molecule has 8 heteroatoms. The van der Waals surface area contributed by atoms with Gasteiger partial charge in [0.1, 0.15) is 17.3 Å². The van der Waals surface area contributed by atoms with Gasteiger partial charge in [-0.25, -0.2) is 13.1 Å². The fourth-order valence-electron chi connectivity index (χ4n) is 2.00. The lowest BCUT2D eigenvalue weighted by Crippen LogP contribution is -2.30. The topological polar surface area (TPSA) is 88.8 Å². The second-order valence-electron chi connectivity index (χ2n) is 5.08. The van der Waals surface area contributed by atoms with E-state index in [0.29, 0.717) is 13.2 Å². The number of halogens is 1. The average molecular weight is 368 g/mol. The second kappa shape index (κ2) is 6.15. The molecule has 1 aromatic heterocycles. The molecular weight excluding hydrogens is 350 g/mol. The van der Waals surface area contributed by atoms with Crippen molar-refractivity contribution in [1.29, 1.82) is 0 Å². The molecule has 0 bridgehead atoms. The highest BCUT2D eigenvalue weighted by Crippen LogP contribution is 2.48. The molecule has 0 aromatic carbocycles. The van der Waals surface area contributed by atoms with Gasteiger partial charge in [-0.15, -0.1) is 0 Å². The van der Waals surface area contributed by atoms with Gasteiger partial charge in [-0.1, -0.05) is 0 Å². The maximum atomic E-state index is 12.2. The van der Waals surface area contributed by atoms with E-state index >= 15 is 0 Å². The first kappa shape index (κ1) is 16.0. The number of nitrogens with one attached hydrogen (secondary N) is 1. The number of furan rings is 1. The number of ether oxygens (including phenoxy) is 1. The van der Waals surface area contributed by atoms with Crippen LogP contribution in [0.2, 0.25) is 0 Å². The molecule has 0 aliphatic heterocycles. The Morgan fingerprint density at radius 1 is 1.55 bits per heavy atom. The molecule has 1 aliphatic carbocycles. The minimum Gasteiger partial charge on any atom is -0.450 e. The Balaban J connectivity index is 2.02. The highest BCUT2D eigenvalue weighted by atomic mass is 79.9. The third kappa shape index (κ3) is 3.62. The summed E-state index contributed by atoms with van der Waals surface area (Å²) >= 11 is 3.05. The molecule has 0 atom stereocenters. The van der Waals surface area contributed by atoms with Gasteiger partial charge >= 0.3 is 0 Å². The molecule has 1 heterocycles. The molecule has 1 aromatic rings. The quantitative estimate of drug-likeness (QED) is 0.728. The molecule has 20 heavy (non-hydrogen) atoms. The van der Waals surface area contributed by atoms with E-state index in [2.05, 4.69) is 20.7 Å². The van der Waals surface area contributed by atoms with Crippen molar-refractivity contribution in [1.82, 2.24) is 4.72 Å². The first-order valence-corrected chi connectivity index (χ1v) is 8.58. The zero-order valence-electron chi connectivity index (χ0n) is 11.2. The predicted octanol–water partition coefficient (Wildman–Crippen LogP) is 1.63. The summed E-state index contributed by atoms with van der Waals surface area (Å²) in [6.07, 6.45) is 2.86. The van der Waals surface area contributed by atoms with Crippen LogP contribution in [0.15, 0.2) is 20.0 Å². The number of methoxy groups -OCH3 is 1. The zero-order valence-corrected chi connectivity index (χ0v) is 13.6. The first-order chi connectivity index (χ1) is 9.42. The maximum Gasteiger partial charge on any atom is 0.244 e. The molecule has 1 saturated carbocycles. The summed E-state index contributed by atoms with van der Waals surface area (Å²) in [7, 11) is -2.00. The fraction of sp³-hybridized carbons (Fsp3) is 0.667. The van der Waals surface area contributed by atoms with Crippen molar-refractivity contribution in [2.75, 3.05) is 20.3 Å². The Labute approximate surface area is 126 Å². The highest BCUT2D eigenvalue weighted by Gasteiger charge is 2.43. The van der Waals surface area contributed by atoms with Gasteiger partial charge in [0.05, 0.1) is 0 Å². The van der Waals surface area contributed by atoms with Gasteiger partial charge in [0.25, 0.3) is 0 Å². The third-order valence-electron chi connectivity index (χ3n) is 3.58. The predicted molar refractivity (Wildman–Crippen MR) is 75.7 cm³/mol. The molecule has 114 valence electrons. The van der Waals surface area contributed by atoms with E-state index in [1.165, 1.54) is 6.07 Å². The SMILES string of the molecule is COCCC1(CNS(=O)(=O)c2cc(CO)oc2Br)CC1. The number of aliphatic hydroxyl groups excluding tert-OH is 1. The van der Waals surface area contributed by atoms with Crippen LogP contribution in [0.5, 0.6) is 0 Å². The van der Waals surface area contributed by atoms with E-state index < -0.39 is 10.0 Å². The van der Waals surface area contributed by atoms with Crippen LogP contribution in [-0.4, -0.2) is 33.8 Å². The maximum absolute atomic E-state index is 12.2. The van der Waals surface area contributed by atoms with Crippen LogP contribution in [0.1, 0.15) is 25.0 Å². The Hall–Kier alpha value is -0.410. The van der Waals surface area contributed by atoms with E-state index in [1.807, 2.05) is 0 Å². The number of aliphatic hydroxyl groups is 1. The molecule has 2 rings (SSSR count). The molecule has 0 amide bonds. The standard InChI is InChI=1S/C12H18BrNO5S/c1-18-5-4-12(2-3-12)8-14-20(16,17)10-6-9(7-15)19-11(10)13/h6,14-15H,2-5,7-8H2,1H3. The van der Waals surface area contributed by atoms with E-state index in [9.17, 15) is 8.42 Å². The van der Waals surface area contributed by atoms with E-state index in [-0.39, 0.29) is 27.3 Å². The first-order valence-electron chi connectivity index (χ1n) is 6.30. The number of sulfonamides is 1. The highest BCUT2D eigenvalue weighted by molar-refractivity contribution is 9.10. The van der Waals surface area contributed by atoms with Crippen LogP contribution in [0.4, 0.5) is 0 Å². The van der Waals surface area contributed by atoms with Crippen molar-refractivity contribution in [2.24, 2.45) is 5.41 Å². The van der Waals surface area contributed by atoms with Gasteiger partial charge in [0, 0.05) is 26.3 Å². The van der Waals surface area contributed by atoms with Crippen molar-refractivity contribution in [2.45, 2.75) is 30.8 Å². The molecule has 1 aliphatic rings. The van der Waals surface area contributed by atoms with E-state index in [4.69, 9.17) is 14.3 Å². The lowest BCUT2D eigenvalue weighted by atomic mass is 10.0. The Morgan fingerprint density at radius 2 is 2.25 bits per heavy atom. The Bertz CT molecular complexity index is 564. The van der Waals surface area contributed by atoms with Crippen LogP contribution < -0.4 is 4.72 Å². The average Bonchev–Trinajstić information content (AvgIpc) is 3.09. The van der Waals surface area contributed by atoms with Crippen molar-refractivity contribution in [3.8, 4) is 0 Å². The molecule has 1 fully saturated rings. The van der Waals surface area contributed by atoms with Crippen molar-refractivity contribution >= 4 is 26.0 Å². The second-order valence-corrected chi connectivity index (χ2v) is 7.53. The molecule has 0 radical (unpaired) electrons. The molecule has 0 unspecified atom stereocenters. The summed E-state index contributed by atoms with van der Waals surface area (Å²) in [5.74, 6) is 0.206. The largest absolute Gasteiger partial charge is 0.450 e. The van der Waals surface area contributed by atoms with Gasteiger partial charge in [-0.3, -0.25) is 0 Å². The van der Waals surface area contributed by atoms with Gasteiger partial charge < -0.3 is 14.3 Å². The lowest BCUT2D eigenvalue weighted by molar-refractivity contribution is 0.173. The van der Waals surface area contributed by atoms with Crippen molar-refractivity contribution in [3.63, 3.8) is 0 Å². The summed E-state index contributed by atoms with van der Waals surface area (Å²) < 4.78 is 37.3. The van der Waals surface area contributed by atoms with Crippen LogP contribution in [-0.2, 0) is 21.4 Å². The lowest BCUT2D eigenvalue weighted by Gasteiger charge is -2.15. The van der Waals surface area contributed by atoms with Crippen LogP contribution in [0, 0.1) is 5.41 Å². The molecule has 2 N–H and O–H groups in total. The smallest absolute Gasteiger partial charge is 0.244 e. The summed E-state index contributed by atoms with van der Waals surface area (Å²) in [4.78, 5) is 0.0177. The Kier molecular flexibility index (Phi) is 4.91. The molecule has 0 saturated heterocycles. The number of hydrogen-bond acceptors (Lipinski definition) is 5. The zero-order chi connectivity index (χ0) is 14.8. The van der Waals surface area contributed by atoms with Gasteiger partial charge in [-0.05, 0) is 40.6 Å². The van der Waals surface area contributed by atoms with Crippen LogP contribution in [0.3, 0.4) is 0 Å². The van der Waals surface area contributed by atoms with Crippen LogP contribution in [0.25, 0.3) is 0 Å². The summed E-state index contributed by atoms with van der Waals surface area (Å²) in [5.41, 5.74) is 0.0269. The normalized spacial score (nSPS) is 17.4. The van der Waals surface area contributed by atoms with E-state index in [0.717, 1.165) is 19.3 Å². The summed E-state index contributed by atoms with van der Waals surface area (Å²) in [6.45, 7) is 0.683. The van der Waals surface area contributed by atoms with E-state index in [1.54, 1.807) is 7.11 Å². The minimum absolute atomic E-state index is 0.0177. The van der Waals surface area contributed by atoms with Gasteiger partial charge in [0.2, 0.25) is 10.0 Å². The fourth-order valence-corrected chi connectivity index (χ4v) is 4.15. The van der Waals surface area contributed by atoms with Crippen molar-refractivity contribution < 1.29 is 22.7 Å². The minimum atomic E-state index is -3.64. The third-order valence-corrected chi connectivity index (χ3v) is 5.84. The monoisotopic (exact) mass is 367 g/mol.